The molecule has 2 heterocycles. The molecule has 2 N–H and O–H groups in total. The summed E-state index contributed by atoms with van der Waals surface area (Å²) in [5.74, 6) is 1.90. The van der Waals surface area contributed by atoms with Gasteiger partial charge in [0.1, 0.15) is 16.9 Å². The molecule has 0 saturated carbocycles. The van der Waals surface area contributed by atoms with Crippen LogP contribution in [0.25, 0.3) is 11.0 Å². The molecule has 1 amide bonds. The number of ether oxygens (including phenoxy) is 3. The molecule has 0 bridgehead atoms. The first kappa shape index (κ1) is 22.0. The lowest BCUT2D eigenvalue weighted by molar-refractivity contribution is 0.0126. The molecule has 7 nitrogen and oxygen atoms in total. The summed E-state index contributed by atoms with van der Waals surface area (Å²) in [5, 5.41) is 14.4. The number of carbonyl (C=O) groups excluding carboxylic acids is 1. The predicted octanol–water partition coefficient (Wildman–Crippen LogP) is 4.33. The number of aryl methyl sites for hydroxylation is 1. The Bertz CT molecular complexity index is 1160. The highest BCUT2D eigenvalue weighted by atomic mass is 16.5. The van der Waals surface area contributed by atoms with Crippen LogP contribution in [0, 0.1) is 6.92 Å². The highest BCUT2D eigenvalue weighted by Crippen LogP contribution is 2.45. The molecule has 1 aliphatic heterocycles. The molecule has 32 heavy (non-hydrogen) atoms. The Balaban J connectivity index is 1.52. The van der Waals surface area contributed by atoms with E-state index in [1.54, 1.807) is 26.4 Å². The average Bonchev–Trinajstić information content (AvgIpc) is 3.09. The Morgan fingerprint density at radius 2 is 1.94 bits per heavy atom. The second-order valence-corrected chi connectivity index (χ2v) is 8.68. The number of aliphatic hydroxyl groups is 1. The number of fused-ring (bicyclic) bond motifs is 3. The van der Waals surface area contributed by atoms with E-state index in [-0.39, 0.29) is 11.7 Å². The van der Waals surface area contributed by atoms with Gasteiger partial charge in [0.25, 0.3) is 5.91 Å². The fourth-order valence-corrected chi connectivity index (χ4v) is 4.33. The molecular weight excluding hydrogens is 410 g/mol. The van der Waals surface area contributed by atoms with E-state index in [1.807, 2.05) is 39.0 Å². The van der Waals surface area contributed by atoms with Gasteiger partial charge in [0.15, 0.2) is 17.3 Å². The number of carbonyl (C=O) groups is 1. The second kappa shape index (κ2) is 8.39. The predicted molar refractivity (Wildman–Crippen MR) is 121 cm³/mol. The van der Waals surface area contributed by atoms with Gasteiger partial charge < -0.3 is 29.1 Å². The molecule has 1 unspecified atom stereocenters. The Labute approximate surface area is 187 Å². The maximum absolute atomic E-state index is 12.9. The molecule has 4 rings (SSSR count). The van der Waals surface area contributed by atoms with E-state index in [0.29, 0.717) is 53.3 Å². The lowest BCUT2D eigenvalue weighted by atomic mass is 9.89. The zero-order chi connectivity index (χ0) is 23.0. The van der Waals surface area contributed by atoms with Crippen LogP contribution in [-0.4, -0.2) is 37.4 Å². The van der Waals surface area contributed by atoms with Crippen LogP contribution in [0.1, 0.15) is 53.6 Å². The molecule has 0 aliphatic carbocycles. The zero-order valence-corrected chi connectivity index (χ0v) is 19.1. The number of amides is 1. The number of methoxy groups -OCH3 is 2. The second-order valence-electron chi connectivity index (χ2n) is 8.68. The Hall–Kier alpha value is -3.19. The third-order valence-corrected chi connectivity index (χ3v) is 5.85. The van der Waals surface area contributed by atoms with E-state index in [4.69, 9.17) is 18.6 Å². The van der Waals surface area contributed by atoms with Crippen molar-refractivity contribution < 1.29 is 28.5 Å². The zero-order valence-electron chi connectivity index (χ0n) is 19.1. The van der Waals surface area contributed by atoms with Crippen molar-refractivity contribution in [3.63, 3.8) is 0 Å². The summed E-state index contributed by atoms with van der Waals surface area (Å²) < 4.78 is 22.5. The molecule has 0 fully saturated rings. The molecule has 1 aliphatic rings. The van der Waals surface area contributed by atoms with Crippen LogP contribution in [0.3, 0.4) is 0 Å². The van der Waals surface area contributed by atoms with E-state index < -0.39 is 11.7 Å². The van der Waals surface area contributed by atoms with Crippen molar-refractivity contribution in [1.29, 1.82) is 0 Å². The van der Waals surface area contributed by atoms with Crippen molar-refractivity contribution in [2.75, 3.05) is 20.8 Å². The summed E-state index contributed by atoms with van der Waals surface area (Å²) >= 11 is 0. The molecule has 2 aromatic carbocycles. The fourth-order valence-electron chi connectivity index (χ4n) is 4.33. The molecule has 170 valence electrons. The number of nitrogens with one attached hydrogen (secondary N) is 1. The van der Waals surface area contributed by atoms with Crippen LogP contribution < -0.4 is 19.5 Å². The lowest BCUT2D eigenvalue weighted by Crippen LogP contribution is -2.34. The largest absolute Gasteiger partial charge is 0.493 e. The number of benzene rings is 2. The van der Waals surface area contributed by atoms with E-state index in [9.17, 15) is 9.90 Å². The van der Waals surface area contributed by atoms with Crippen molar-refractivity contribution >= 4 is 16.9 Å². The molecule has 1 aromatic heterocycles. The van der Waals surface area contributed by atoms with Crippen LogP contribution in [0.4, 0.5) is 0 Å². The summed E-state index contributed by atoms with van der Waals surface area (Å²) in [7, 11) is 3.19. The normalized spacial score (nSPS) is 16.9. The van der Waals surface area contributed by atoms with Gasteiger partial charge in [-0.05, 0) is 57.0 Å². The topological polar surface area (TPSA) is 90.2 Å². The Morgan fingerprint density at radius 3 is 2.66 bits per heavy atom. The highest BCUT2D eigenvalue weighted by molar-refractivity contribution is 6.00. The molecule has 1 atom stereocenters. The van der Waals surface area contributed by atoms with Crippen LogP contribution in [0.2, 0.25) is 0 Å². The first-order valence-electron chi connectivity index (χ1n) is 10.7. The van der Waals surface area contributed by atoms with Crippen LogP contribution in [-0.2, 0) is 6.42 Å². The molecule has 0 saturated heterocycles. The number of hydrogen-bond donors (Lipinski definition) is 2. The van der Waals surface area contributed by atoms with E-state index >= 15 is 0 Å². The van der Waals surface area contributed by atoms with Gasteiger partial charge in [-0.1, -0.05) is 6.07 Å². The molecule has 0 radical (unpaired) electrons. The summed E-state index contributed by atoms with van der Waals surface area (Å²) in [6, 6.07) is 9.26. The van der Waals surface area contributed by atoms with Gasteiger partial charge in [-0.2, -0.15) is 0 Å². The maximum atomic E-state index is 12.9. The third kappa shape index (κ3) is 4.00. The maximum Gasteiger partial charge on any atom is 0.287 e. The highest BCUT2D eigenvalue weighted by Gasteiger charge is 2.35. The van der Waals surface area contributed by atoms with E-state index in [1.165, 1.54) is 0 Å². The standard InChI is InChI=1S/C25H29NO6/c1-14-21-18(8-9-19-22(21)16(27)13-25(2,3)32-19)31-23(14)24(28)26-11-10-15-6-7-17(29-4)20(12-15)30-5/h6-9,12,16,27H,10-11,13H2,1-5H3,(H,26,28). The first-order chi connectivity index (χ1) is 15.2. The van der Waals surface area contributed by atoms with Crippen LogP contribution in [0.15, 0.2) is 34.7 Å². The van der Waals surface area contributed by atoms with Crippen molar-refractivity contribution in [2.24, 2.45) is 0 Å². The number of aliphatic hydroxyl groups excluding tert-OH is 1. The third-order valence-electron chi connectivity index (χ3n) is 5.85. The van der Waals surface area contributed by atoms with Crippen LogP contribution in [0.5, 0.6) is 17.2 Å². The molecule has 0 spiro atoms. The first-order valence-corrected chi connectivity index (χ1v) is 10.7. The van der Waals surface area contributed by atoms with Gasteiger partial charge in [-0.25, -0.2) is 0 Å². The van der Waals surface area contributed by atoms with Crippen molar-refractivity contribution in [3.05, 3.63) is 52.8 Å². The number of rotatable bonds is 6. The van der Waals surface area contributed by atoms with E-state index in [2.05, 4.69) is 5.32 Å². The van der Waals surface area contributed by atoms with Gasteiger partial charge in [0, 0.05) is 29.5 Å². The van der Waals surface area contributed by atoms with Crippen molar-refractivity contribution in [1.82, 2.24) is 5.32 Å². The van der Waals surface area contributed by atoms with Gasteiger partial charge in [-0.15, -0.1) is 0 Å². The minimum Gasteiger partial charge on any atom is -0.493 e. The Kier molecular flexibility index (Phi) is 5.77. The summed E-state index contributed by atoms with van der Waals surface area (Å²) in [6.45, 7) is 6.16. The smallest absolute Gasteiger partial charge is 0.287 e. The minimum absolute atomic E-state index is 0.248. The molecule has 7 heteroatoms. The molecule has 3 aromatic rings. The van der Waals surface area contributed by atoms with Gasteiger partial charge in [0.05, 0.1) is 20.3 Å². The summed E-state index contributed by atoms with van der Waals surface area (Å²) in [4.78, 5) is 12.9. The minimum atomic E-state index is -0.685. The van der Waals surface area contributed by atoms with Crippen molar-refractivity contribution in [2.45, 2.75) is 45.3 Å². The van der Waals surface area contributed by atoms with E-state index in [0.717, 1.165) is 10.9 Å². The van der Waals surface area contributed by atoms with Crippen molar-refractivity contribution in [3.8, 4) is 17.2 Å². The van der Waals surface area contributed by atoms with Gasteiger partial charge in [0.2, 0.25) is 0 Å². The monoisotopic (exact) mass is 439 g/mol. The number of furan rings is 1. The summed E-state index contributed by atoms with van der Waals surface area (Å²) in [5.41, 5.74) is 2.51. The van der Waals surface area contributed by atoms with Gasteiger partial charge >= 0.3 is 0 Å². The summed E-state index contributed by atoms with van der Waals surface area (Å²) in [6.07, 6.45) is 0.411. The van der Waals surface area contributed by atoms with Crippen LogP contribution >= 0.6 is 0 Å². The SMILES string of the molecule is COc1ccc(CCNC(=O)c2oc3ccc4c(c3c2C)C(O)CC(C)(C)O4)cc1OC. The number of hydrogen-bond acceptors (Lipinski definition) is 6. The Morgan fingerprint density at radius 1 is 1.19 bits per heavy atom. The quantitative estimate of drug-likeness (QED) is 0.594. The fraction of sp³-hybridized carbons (Fsp3) is 0.400. The van der Waals surface area contributed by atoms with Gasteiger partial charge in [-0.3, -0.25) is 4.79 Å². The average molecular weight is 440 g/mol. The molecular formula is C25H29NO6. The lowest BCUT2D eigenvalue weighted by Gasteiger charge is -2.35.